The van der Waals surface area contributed by atoms with Crippen LogP contribution in [0, 0.1) is 5.92 Å². The number of halogens is 1. The second-order valence-electron chi connectivity index (χ2n) is 10.7. The van der Waals surface area contributed by atoms with Crippen LogP contribution in [0.4, 0.5) is 5.69 Å². The van der Waals surface area contributed by atoms with Gasteiger partial charge in [0.15, 0.2) is 5.60 Å². The summed E-state index contributed by atoms with van der Waals surface area (Å²) in [5, 5.41) is 21.3. The first-order chi connectivity index (χ1) is 19.1. The lowest BCUT2D eigenvalue weighted by Gasteiger charge is -2.27. The molecule has 2 aromatic carbocycles. The number of nitrogens with zero attached hydrogens (tertiary/aromatic N) is 2. The van der Waals surface area contributed by atoms with Crippen molar-refractivity contribution in [1.29, 1.82) is 0 Å². The van der Waals surface area contributed by atoms with Crippen molar-refractivity contribution in [1.82, 2.24) is 4.90 Å². The maximum atomic E-state index is 13.7. The van der Waals surface area contributed by atoms with E-state index in [-0.39, 0.29) is 31.4 Å². The zero-order valence-corrected chi connectivity index (χ0v) is 25.5. The molecule has 40 heavy (non-hydrogen) atoms. The lowest BCUT2D eigenvalue weighted by atomic mass is 9.83. The van der Waals surface area contributed by atoms with Crippen LogP contribution in [-0.2, 0) is 21.7 Å². The molecule has 3 rings (SSSR count). The molecular weight excluding hydrogens is 568 g/mol. The third-order valence-corrected chi connectivity index (χ3v) is 7.75. The molecule has 0 bridgehead atoms. The zero-order valence-electron chi connectivity index (χ0n) is 23.9. The summed E-state index contributed by atoms with van der Waals surface area (Å²) in [5.41, 5.74) is 2.95. The summed E-state index contributed by atoms with van der Waals surface area (Å²) in [4.78, 5) is 29.9. The molecule has 1 aliphatic rings. The smallest absolute Gasteiger partial charge is 0.264 e. The van der Waals surface area contributed by atoms with Gasteiger partial charge in [-0.15, -0.1) is 0 Å². The van der Waals surface area contributed by atoms with Gasteiger partial charge in [-0.1, -0.05) is 88.6 Å². The number of hydrogen-bond acceptors (Lipinski definition) is 4. The first kappa shape index (κ1) is 31.5. The summed E-state index contributed by atoms with van der Waals surface area (Å²) in [6, 6.07) is 15.2. The average molecular weight is 610 g/mol. The van der Waals surface area contributed by atoms with Crippen molar-refractivity contribution in [2.24, 2.45) is 5.92 Å². The van der Waals surface area contributed by atoms with Crippen LogP contribution >= 0.6 is 15.9 Å². The third-order valence-electron chi connectivity index (χ3n) is 7.26. The largest absolute Gasteiger partial charge is 0.395 e. The summed E-state index contributed by atoms with van der Waals surface area (Å²) in [7, 11) is 0. The molecule has 1 aliphatic heterocycles. The lowest BCUT2D eigenvalue weighted by molar-refractivity contribution is -0.139. The van der Waals surface area contributed by atoms with Gasteiger partial charge in [-0.2, -0.15) is 0 Å². The summed E-state index contributed by atoms with van der Waals surface area (Å²) in [6.07, 6.45) is 9.67. The van der Waals surface area contributed by atoms with Gasteiger partial charge in [0.2, 0.25) is 5.91 Å². The number of hydrogen-bond donors (Lipinski definition) is 2. The number of allylic oxidation sites excluding steroid dienone is 3. The quantitative estimate of drug-likeness (QED) is 0.262. The number of benzene rings is 2. The predicted molar refractivity (Wildman–Crippen MR) is 165 cm³/mol. The maximum absolute atomic E-state index is 13.7. The molecular formula is C33H41BrN2O4. The molecule has 0 aromatic heterocycles. The number of fused-ring (bicyclic) bond motifs is 1. The highest BCUT2D eigenvalue weighted by atomic mass is 79.9. The molecule has 0 fully saturated rings. The van der Waals surface area contributed by atoms with Crippen LogP contribution in [0.2, 0.25) is 0 Å². The second kappa shape index (κ2) is 14.6. The molecule has 0 radical (unpaired) electrons. The van der Waals surface area contributed by atoms with Crippen molar-refractivity contribution in [3.63, 3.8) is 0 Å². The molecule has 2 atom stereocenters. The van der Waals surface area contributed by atoms with Crippen LogP contribution in [0.5, 0.6) is 0 Å². The molecule has 6 nitrogen and oxygen atoms in total. The van der Waals surface area contributed by atoms with Gasteiger partial charge in [0.1, 0.15) is 0 Å². The number of aliphatic hydroxyl groups excluding tert-OH is 1. The maximum Gasteiger partial charge on any atom is 0.264 e. The fourth-order valence-electron chi connectivity index (χ4n) is 4.90. The van der Waals surface area contributed by atoms with Gasteiger partial charge >= 0.3 is 0 Å². The number of carbonyl (C=O) groups excluding carboxylic acids is 2. The second-order valence-corrected chi connectivity index (χ2v) is 11.6. The Kier molecular flexibility index (Phi) is 11.5. The number of aliphatic hydroxyl groups is 2. The summed E-state index contributed by atoms with van der Waals surface area (Å²) in [5.74, 6) is -1.08. The van der Waals surface area contributed by atoms with E-state index in [2.05, 4.69) is 48.9 Å². The first-order valence-electron chi connectivity index (χ1n) is 13.8. The highest BCUT2D eigenvalue weighted by molar-refractivity contribution is 9.10. The van der Waals surface area contributed by atoms with Gasteiger partial charge in [0, 0.05) is 42.0 Å². The minimum absolute atomic E-state index is 0.101. The Hall–Kier alpha value is -3.00. The fraction of sp³-hybridized carbons (Fsp3) is 0.394. The molecule has 7 heteroatoms. The van der Waals surface area contributed by atoms with E-state index >= 15 is 0 Å². The van der Waals surface area contributed by atoms with E-state index in [0.717, 1.165) is 22.9 Å². The molecule has 0 aliphatic carbocycles. The van der Waals surface area contributed by atoms with Gasteiger partial charge < -0.3 is 20.0 Å². The van der Waals surface area contributed by atoms with Crippen LogP contribution in [-0.4, -0.2) is 46.6 Å². The van der Waals surface area contributed by atoms with Crippen molar-refractivity contribution >= 4 is 33.4 Å². The first-order valence-corrected chi connectivity index (χ1v) is 14.6. The number of anilines is 1. The minimum Gasteiger partial charge on any atom is -0.395 e. The third kappa shape index (κ3) is 7.80. The van der Waals surface area contributed by atoms with Gasteiger partial charge in [0.05, 0.1) is 12.3 Å². The van der Waals surface area contributed by atoms with E-state index < -0.39 is 11.5 Å². The van der Waals surface area contributed by atoms with E-state index in [1.165, 1.54) is 11.1 Å². The van der Waals surface area contributed by atoms with Crippen molar-refractivity contribution in [2.45, 2.75) is 59.1 Å². The Morgan fingerprint density at radius 2 is 1.85 bits per heavy atom. The highest BCUT2D eigenvalue weighted by Gasteiger charge is 2.52. The molecule has 0 saturated heterocycles. The molecule has 2 N–H and O–H groups in total. The topological polar surface area (TPSA) is 81.1 Å². The van der Waals surface area contributed by atoms with Gasteiger partial charge in [-0.25, -0.2) is 0 Å². The van der Waals surface area contributed by atoms with E-state index in [4.69, 9.17) is 0 Å². The van der Waals surface area contributed by atoms with Crippen LogP contribution in [0.3, 0.4) is 0 Å². The van der Waals surface area contributed by atoms with E-state index in [1.807, 2.05) is 42.5 Å². The van der Waals surface area contributed by atoms with Crippen LogP contribution < -0.4 is 4.90 Å². The zero-order chi connectivity index (χ0) is 29.3. The Morgan fingerprint density at radius 1 is 1.12 bits per heavy atom. The van der Waals surface area contributed by atoms with Crippen LogP contribution in [0.25, 0.3) is 0 Å². The normalized spacial score (nSPS) is 17.7. The summed E-state index contributed by atoms with van der Waals surface area (Å²) in [6.45, 7) is 8.91. The summed E-state index contributed by atoms with van der Waals surface area (Å²) < 4.78 is 0.777. The number of carbonyl (C=O) groups is 2. The van der Waals surface area contributed by atoms with Crippen molar-refractivity contribution in [2.75, 3.05) is 24.6 Å². The fourth-order valence-corrected chi connectivity index (χ4v) is 5.26. The molecule has 2 aromatic rings. The number of amides is 2. The van der Waals surface area contributed by atoms with Crippen molar-refractivity contribution in [3.8, 4) is 0 Å². The molecule has 0 spiro atoms. The van der Waals surface area contributed by atoms with E-state index in [1.54, 1.807) is 34.9 Å². The highest BCUT2D eigenvalue weighted by Crippen LogP contribution is 2.46. The van der Waals surface area contributed by atoms with Crippen molar-refractivity contribution in [3.05, 3.63) is 99.6 Å². The molecule has 0 saturated carbocycles. The van der Waals surface area contributed by atoms with Gasteiger partial charge in [-0.3, -0.25) is 9.59 Å². The Labute approximate surface area is 246 Å². The van der Waals surface area contributed by atoms with Gasteiger partial charge in [0.25, 0.3) is 5.91 Å². The Bertz CT molecular complexity index is 1270. The molecule has 0 unspecified atom stereocenters. The summed E-state index contributed by atoms with van der Waals surface area (Å²) >= 11 is 3.49. The lowest BCUT2D eigenvalue weighted by Crippen LogP contribution is -2.44. The van der Waals surface area contributed by atoms with Crippen LogP contribution in [0.1, 0.15) is 58.1 Å². The van der Waals surface area contributed by atoms with Gasteiger partial charge in [-0.05, 0) is 57.4 Å². The average Bonchev–Trinajstić information content (AvgIpc) is 3.13. The number of rotatable bonds is 13. The Morgan fingerprint density at radius 3 is 2.52 bits per heavy atom. The molecule has 1 heterocycles. The SMILES string of the molecule is CC(C)=CCC/C(C)=C/CN1C(=O)[C@@](O)([C@@H](C)/C=C/CC(=O)N(CCO)Cc2ccccc2)c2cc(Br)ccc21. The van der Waals surface area contributed by atoms with E-state index in [9.17, 15) is 19.8 Å². The Balaban J connectivity index is 1.75. The van der Waals surface area contributed by atoms with E-state index in [0.29, 0.717) is 24.3 Å². The van der Waals surface area contributed by atoms with Crippen molar-refractivity contribution < 1.29 is 19.8 Å². The standard InChI is InChI=1S/C33H41BrN2O4/c1-24(2)10-8-11-25(3)18-19-36-30-17-16-28(34)22-29(30)33(40,32(36)39)26(4)12-9-15-31(38)35(20-21-37)23-27-13-6-5-7-14-27/h5-7,9-10,12-14,16-18,22,26,37,40H,8,11,15,19-21,23H2,1-4H3/b12-9+,25-18+/t26-,33+/m0/s1. The van der Waals surface area contributed by atoms with Crippen LogP contribution in [0.15, 0.2) is 88.5 Å². The molecule has 2 amide bonds. The monoisotopic (exact) mass is 608 g/mol. The molecule has 214 valence electrons. The minimum atomic E-state index is -1.75. The predicted octanol–water partition coefficient (Wildman–Crippen LogP) is 6.28.